The minimum Gasteiger partial charge on any atom is -0.461 e. The first-order valence-corrected chi connectivity index (χ1v) is 28.5. The number of amides is 9. The molecule has 0 fully saturated rings. The lowest BCUT2D eigenvalue weighted by atomic mass is 10.0. The monoisotopic (exact) mass is 1210 g/mol. The zero-order valence-corrected chi connectivity index (χ0v) is 51.6. The molecule has 27 heteroatoms. The summed E-state index contributed by atoms with van der Waals surface area (Å²) in [4.78, 5) is 133. The number of anilines is 2. The third-order valence-electron chi connectivity index (χ3n) is 12.3. The summed E-state index contributed by atoms with van der Waals surface area (Å²) in [6, 6.07) is 10.0. The molecule has 2 aromatic carbocycles. The standard InChI is InChI=1S/C57H84N8O19.C2H6/c1-41(2)56(60-49(68)37-62(5)54(73)39-64(7)55(74)38-63(6)53(72)33-43-9-13-47(14-10-43)65-51(70)15-16-52(65)71)57(75)58-35-48(67)59-46-12-11-44(40-84-42(3)66)45(34-46)36-61(4)50(69)17-18-77-21-22-79-25-26-81-29-30-83-32-31-82-28-27-80-24-23-78-20-19-76-8;1-2/h9-16,34,41,56H,17-33,35-40H2,1-8H3,(H,58,75)(H,59,67)(H,60,68);1-2H3. The number of methoxy groups -OCH3 is 1. The van der Waals surface area contributed by atoms with Crippen LogP contribution in [0.1, 0.15) is 57.7 Å². The van der Waals surface area contributed by atoms with Crippen LogP contribution in [0.2, 0.25) is 0 Å². The molecule has 86 heavy (non-hydrogen) atoms. The first-order valence-electron chi connectivity index (χ1n) is 28.5. The maximum atomic E-state index is 13.3. The van der Waals surface area contributed by atoms with Gasteiger partial charge in [-0.25, -0.2) is 4.90 Å². The Labute approximate surface area is 504 Å². The van der Waals surface area contributed by atoms with Crippen molar-refractivity contribution in [2.45, 2.75) is 66.7 Å². The third-order valence-corrected chi connectivity index (χ3v) is 12.3. The number of esters is 1. The molecular formula is C59H90N8O19. The van der Waals surface area contributed by atoms with Gasteiger partial charge in [0.15, 0.2) is 0 Å². The van der Waals surface area contributed by atoms with Crippen LogP contribution in [0.5, 0.6) is 0 Å². The first-order chi connectivity index (χ1) is 41.2. The molecule has 0 spiro atoms. The van der Waals surface area contributed by atoms with Crippen molar-refractivity contribution >= 4 is 70.5 Å². The number of ether oxygens (including phenoxy) is 9. The van der Waals surface area contributed by atoms with Crippen LogP contribution in [-0.4, -0.2) is 245 Å². The van der Waals surface area contributed by atoms with Gasteiger partial charge in [0.25, 0.3) is 11.8 Å². The topological polar surface area (TPSA) is 306 Å². The van der Waals surface area contributed by atoms with E-state index in [1.165, 1.54) is 50.0 Å². The Kier molecular flexibility index (Phi) is 37.8. The molecule has 1 unspecified atom stereocenters. The summed E-state index contributed by atoms with van der Waals surface area (Å²) >= 11 is 0. The molecule has 27 nitrogen and oxygen atoms in total. The minimum atomic E-state index is -1.10. The summed E-state index contributed by atoms with van der Waals surface area (Å²) in [5, 5.41) is 7.85. The predicted molar refractivity (Wildman–Crippen MR) is 315 cm³/mol. The smallest absolute Gasteiger partial charge is 0.302 e. The summed E-state index contributed by atoms with van der Waals surface area (Å²) in [6.45, 7) is 13.1. The molecule has 1 aliphatic rings. The molecule has 0 radical (unpaired) electrons. The van der Waals surface area contributed by atoms with E-state index in [2.05, 4.69) is 16.0 Å². The highest BCUT2D eigenvalue weighted by atomic mass is 16.6. The zero-order chi connectivity index (χ0) is 63.8. The highest BCUT2D eigenvalue weighted by molar-refractivity contribution is 6.28. The lowest BCUT2D eigenvalue weighted by molar-refractivity contribution is -0.143. The van der Waals surface area contributed by atoms with E-state index < -0.39 is 84.8 Å². The lowest BCUT2D eigenvalue weighted by Gasteiger charge is -2.25. The number of carbonyl (C=O) groups is 10. The minimum absolute atomic E-state index is 0.0756. The van der Waals surface area contributed by atoms with Crippen molar-refractivity contribution in [1.29, 1.82) is 0 Å². The fraction of sp³-hybridized carbons (Fsp3) is 0.593. The summed E-state index contributed by atoms with van der Waals surface area (Å²) in [5.74, 6) is -5.62. The second-order valence-corrected chi connectivity index (χ2v) is 19.5. The Morgan fingerprint density at radius 2 is 1.01 bits per heavy atom. The SMILES string of the molecule is CC.COCCOCCOCCOCCOCCOCCOCCOCCC(=O)N(C)Cc1cc(NC(=O)CNC(=O)C(NC(=O)CN(C)C(=O)CN(C)C(=O)CN(C)C(=O)Cc2ccc(N3C(=O)C=CC3=O)cc2)C(C)C)ccc1COC(C)=O. The molecule has 0 bridgehead atoms. The van der Waals surface area contributed by atoms with Crippen LogP contribution in [-0.2, 0) is 110 Å². The average molecular weight is 1220 g/mol. The van der Waals surface area contributed by atoms with E-state index in [-0.39, 0.29) is 51.7 Å². The van der Waals surface area contributed by atoms with Crippen LogP contribution < -0.4 is 20.9 Å². The van der Waals surface area contributed by atoms with Gasteiger partial charge >= 0.3 is 5.97 Å². The number of hydrogen-bond acceptors (Lipinski definition) is 19. The van der Waals surface area contributed by atoms with Gasteiger partial charge in [0.1, 0.15) is 12.6 Å². The molecule has 1 aliphatic heterocycles. The molecule has 1 atom stereocenters. The number of imide groups is 1. The van der Waals surface area contributed by atoms with Crippen LogP contribution in [0, 0.1) is 5.92 Å². The van der Waals surface area contributed by atoms with Gasteiger partial charge in [-0.2, -0.15) is 0 Å². The van der Waals surface area contributed by atoms with Gasteiger partial charge < -0.3 is 78.2 Å². The van der Waals surface area contributed by atoms with Gasteiger partial charge in [-0.3, -0.25) is 47.9 Å². The maximum absolute atomic E-state index is 13.3. The predicted octanol–water partition coefficient (Wildman–Crippen LogP) is 1.13. The second kappa shape index (κ2) is 43.4. The number of nitrogens with one attached hydrogen (secondary N) is 3. The summed E-state index contributed by atoms with van der Waals surface area (Å²) in [7, 11) is 7.39. The van der Waals surface area contributed by atoms with E-state index in [1.54, 1.807) is 70.5 Å². The Bertz CT molecular complexity index is 2460. The molecule has 9 amide bonds. The maximum Gasteiger partial charge on any atom is 0.302 e. The van der Waals surface area contributed by atoms with Crippen LogP contribution in [0.3, 0.4) is 0 Å². The molecule has 1 heterocycles. The Morgan fingerprint density at radius 3 is 1.49 bits per heavy atom. The van der Waals surface area contributed by atoms with Crippen molar-refractivity contribution in [2.75, 3.05) is 171 Å². The van der Waals surface area contributed by atoms with Gasteiger partial charge in [-0.1, -0.05) is 45.9 Å². The Hall–Kier alpha value is -7.24. The van der Waals surface area contributed by atoms with Gasteiger partial charge in [-0.05, 0) is 46.9 Å². The van der Waals surface area contributed by atoms with E-state index in [1.807, 2.05) is 13.8 Å². The van der Waals surface area contributed by atoms with Crippen molar-refractivity contribution in [3.63, 3.8) is 0 Å². The van der Waals surface area contributed by atoms with Crippen LogP contribution >= 0.6 is 0 Å². The lowest BCUT2D eigenvalue weighted by Crippen LogP contribution is -2.53. The number of rotatable bonds is 43. The second-order valence-electron chi connectivity index (χ2n) is 19.5. The van der Waals surface area contributed by atoms with Crippen LogP contribution in [0.15, 0.2) is 54.6 Å². The van der Waals surface area contributed by atoms with E-state index in [0.717, 1.165) is 14.7 Å². The first kappa shape index (κ1) is 74.9. The fourth-order valence-corrected chi connectivity index (χ4v) is 7.52. The highest BCUT2D eigenvalue weighted by Crippen LogP contribution is 2.21. The Morgan fingerprint density at radius 1 is 0.547 bits per heavy atom. The largest absolute Gasteiger partial charge is 0.461 e. The van der Waals surface area contributed by atoms with Gasteiger partial charge in [0.05, 0.1) is 144 Å². The van der Waals surface area contributed by atoms with Gasteiger partial charge in [-0.15, -0.1) is 0 Å². The average Bonchev–Trinajstić information content (AvgIpc) is 3.18. The van der Waals surface area contributed by atoms with E-state index in [4.69, 9.17) is 42.6 Å². The molecule has 0 aromatic heterocycles. The summed E-state index contributed by atoms with van der Waals surface area (Å²) in [6.07, 6.45) is 2.33. The number of carbonyl (C=O) groups excluding carboxylic acids is 10. The van der Waals surface area contributed by atoms with E-state index >= 15 is 0 Å². The molecular weight excluding hydrogens is 1120 g/mol. The zero-order valence-electron chi connectivity index (χ0n) is 51.6. The number of likely N-dealkylation sites (N-methyl/N-ethyl adjacent to an activating group) is 3. The highest BCUT2D eigenvalue weighted by Gasteiger charge is 2.28. The Balaban J connectivity index is 0.0000125. The van der Waals surface area contributed by atoms with Crippen molar-refractivity contribution in [3.05, 3.63) is 71.3 Å². The molecule has 3 rings (SSSR count). The van der Waals surface area contributed by atoms with Gasteiger partial charge in [0, 0.05) is 66.6 Å². The fourth-order valence-electron chi connectivity index (χ4n) is 7.52. The van der Waals surface area contributed by atoms with Crippen LogP contribution in [0.4, 0.5) is 11.4 Å². The molecule has 0 aliphatic carbocycles. The van der Waals surface area contributed by atoms with Crippen molar-refractivity contribution < 1.29 is 90.6 Å². The summed E-state index contributed by atoms with van der Waals surface area (Å²) in [5.41, 5.74) is 2.44. The molecule has 2 aromatic rings. The number of nitrogens with zero attached hydrogens (tertiary/aromatic N) is 5. The van der Waals surface area contributed by atoms with Crippen molar-refractivity contribution in [3.8, 4) is 0 Å². The van der Waals surface area contributed by atoms with E-state index in [9.17, 15) is 47.9 Å². The van der Waals surface area contributed by atoms with Gasteiger partial charge in [0.2, 0.25) is 41.4 Å². The van der Waals surface area contributed by atoms with Crippen molar-refractivity contribution in [2.24, 2.45) is 5.92 Å². The third kappa shape index (κ3) is 30.7. The molecule has 0 saturated heterocycles. The summed E-state index contributed by atoms with van der Waals surface area (Å²) < 4.78 is 48.4. The number of benzene rings is 2. The van der Waals surface area contributed by atoms with Crippen LogP contribution in [0.25, 0.3) is 0 Å². The van der Waals surface area contributed by atoms with Crippen molar-refractivity contribution in [1.82, 2.24) is 30.2 Å². The molecule has 3 N–H and O–H groups in total. The molecule has 480 valence electrons. The normalized spacial score (nSPS) is 12.1. The number of hydrogen-bond donors (Lipinski definition) is 3. The van der Waals surface area contributed by atoms with E-state index in [0.29, 0.717) is 114 Å². The molecule has 0 saturated carbocycles. The quantitative estimate of drug-likeness (QED) is 0.0476.